The molecule has 0 aliphatic carbocycles. The molecule has 112 valence electrons. The van der Waals surface area contributed by atoms with Crippen LogP contribution in [0.2, 0.25) is 0 Å². The number of nitrogens with one attached hydrogen (secondary N) is 1. The van der Waals surface area contributed by atoms with Crippen LogP contribution in [0.15, 0.2) is 12.1 Å². The van der Waals surface area contributed by atoms with Crippen LogP contribution >= 0.6 is 0 Å². The molecule has 6 nitrogen and oxygen atoms in total. The summed E-state index contributed by atoms with van der Waals surface area (Å²) in [5.41, 5.74) is 6.12. The molecule has 0 spiro atoms. The zero-order valence-electron chi connectivity index (χ0n) is 12.1. The maximum atomic E-state index is 5.84. The minimum atomic E-state index is -0.270. The highest BCUT2D eigenvalue weighted by atomic mass is 16.5. The molecule has 20 heavy (non-hydrogen) atoms. The monoisotopic (exact) mass is 281 g/mol. The van der Waals surface area contributed by atoms with Crippen LogP contribution in [0.3, 0.4) is 0 Å². The zero-order valence-corrected chi connectivity index (χ0v) is 12.1. The van der Waals surface area contributed by atoms with Crippen LogP contribution in [0.5, 0.6) is 5.88 Å². The summed E-state index contributed by atoms with van der Waals surface area (Å²) in [4.78, 5) is 4.38. The number of nitrogens with zero attached hydrogens (tertiary/aromatic N) is 1. The van der Waals surface area contributed by atoms with Crippen molar-refractivity contribution in [3.63, 3.8) is 0 Å². The van der Waals surface area contributed by atoms with E-state index < -0.39 is 0 Å². The molecule has 1 unspecified atom stereocenters. The van der Waals surface area contributed by atoms with Crippen LogP contribution in [0.25, 0.3) is 0 Å². The maximum absolute atomic E-state index is 5.84. The average Bonchev–Trinajstić information content (AvgIpc) is 2.94. The molecule has 1 aromatic rings. The summed E-state index contributed by atoms with van der Waals surface area (Å²) in [5.74, 6) is 1.21. The highest BCUT2D eigenvalue weighted by Crippen LogP contribution is 2.25. The van der Waals surface area contributed by atoms with Gasteiger partial charge in [0.15, 0.2) is 0 Å². The first-order chi connectivity index (χ1) is 9.69. The number of rotatable bonds is 7. The second-order valence-electron chi connectivity index (χ2n) is 4.98. The molecule has 2 rings (SSSR count). The smallest absolute Gasteiger partial charge is 0.239 e. The van der Waals surface area contributed by atoms with Gasteiger partial charge in [0, 0.05) is 26.7 Å². The van der Waals surface area contributed by atoms with E-state index >= 15 is 0 Å². The summed E-state index contributed by atoms with van der Waals surface area (Å²) in [5, 5.41) is 3.27. The standard InChI is InChI=1S/C14H23N3O3/c1-3-7-20-13-11(15)4-5-12(17-13)16-9-14(18-2)6-8-19-10-14/h4-5H,3,6-10,15H2,1-2H3,(H,16,17). The lowest BCUT2D eigenvalue weighted by atomic mass is 10.0. The topological polar surface area (TPSA) is 78.6 Å². The van der Waals surface area contributed by atoms with Crippen LogP contribution in [-0.2, 0) is 9.47 Å². The Morgan fingerprint density at radius 3 is 3.00 bits per heavy atom. The van der Waals surface area contributed by atoms with E-state index in [2.05, 4.69) is 10.3 Å². The number of nitrogen functional groups attached to an aromatic ring is 1. The van der Waals surface area contributed by atoms with E-state index in [1.807, 2.05) is 13.0 Å². The minimum Gasteiger partial charge on any atom is -0.476 e. The molecule has 1 aliphatic heterocycles. The Balaban J connectivity index is 1.98. The summed E-state index contributed by atoms with van der Waals surface area (Å²) in [6, 6.07) is 3.64. The number of anilines is 2. The fourth-order valence-corrected chi connectivity index (χ4v) is 2.08. The molecule has 1 atom stereocenters. The Labute approximate surface area is 119 Å². The van der Waals surface area contributed by atoms with Gasteiger partial charge in [-0.2, -0.15) is 4.98 Å². The van der Waals surface area contributed by atoms with Crippen molar-refractivity contribution >= 4 is 11.5 Å². The molecule has 0 saturated carbocycles. The Morgan fingerprint density at radius 2 is 2.35 bits per heavy atom. The number of ether oxygens (including phenoxy) is 3. The summed E-state index contributed by atoms with van der Waals surface area (Å²) in [7, 11) is 1.71. The van der Waals surface area contributed by atoms with Gasteiger partial charge >= 0.3 is 0 Å². The molecule has 0 amide bonds. The van der Waals surface area contributed by atoms with E-state index in [1.165, 1.54) is 0 Å². The van der Waals surface area contributed by atoms with Gasteiger partial charge in [0.1, 0.15) is 11.4 Å². The van der Waals surface area contributed by atoms with E-state index in [0.29, 0.717) is 31.3 Å². The van der Waals surface area contributed by atoms with E-state index in [-0.39, 0.29) is 5.60 Å². The molecular weight excluding hydrogens is 258 g/mol. The highest BCUT2D eigenvalue weighted by Gasteiger charge is 2.34. The average molecular weight is 281 g/mol. The molecule has 3 N–H and O–H groups in total. The minimum absolute atomic E-state index is 0.270. The van der Waals surface area contributed by atoms with Crippen LogP contribution in [0.4, 0.5) is 11.5 Å². The number of methoxy groups -OCH3 is 1. The van der Waals surface area contributed by atoms with Crippen molar-refractivity contribution in [1.82, 2.24) is 4.98 Å². The fourth-order valence-electron chi connectivity index (χ4n) is 2.08. The van der Waals surface area contributed by atoms with E-state index in [1.54, 1.807) is 13.2 Å². The number of nitrogens with two attached hydrogens (primary N) is 1. The van der Waals surface area contributed by atoms with Crippen molar-refractivity contribution < 1.29 is 14.2 Å². The largest absolute Gasteiger partial charge is 0.476 e. The molecule has 1 aromatic heterocycles. The Morgan fingerprint density at radius 1 is 1.50 bits per heavy atom. The first-order valence-corrected chi connectivity index (χ1v) is 6.95. The number of pyridine rings is 1. The molecule has 2 heterocycles. The summed E-state index contributed by atoms with van der Waals surface area (Å²) < 4.78 is 16.5. The van der Waals surface area contributed by atoms with Gasteiger partial charge in [0.05, 0.1) is 18.9 Å². The lowest BCUT2D eigenvalue weighted by molar-refractivity contribution is -0.00625. The first kappa shape index (κ1) is 14.9. The second kappa shape index (κ2) is 6.76. The third kappa shape index (κ3) is 3.52. The van der Waals surface area contributed by atoms with Crippen LogP contribution in [0, 0.1) is 0 Å². The third-order valence-electron chi connectivity index (χ3n) is 3.42. The quantitative estimate of drug-likeness (QED) is 0.791. The number of hydrogen-bond donors (Lipinski definition) is 2. The van der Waals surface area contributed by atoms with Crippen LogP contribution < -0.4 is 15.8 Å². The third-order valence-corrected chi connectivity index (χ3v) is 3.42. The van der Waals surface area contributed by atoms with E-state index in [0.717, 1.165) is 25.3 Å². The molecule has 0 aromatic carbocycles. The lowest BCUT2D eigenvalue weighted by Crippen LogP contribution is -2.39. The van der Waals surface area contributed by atoms with Crippen molar-refractivity contribution in [2.75, 3.05) is 44.5 Å². The Hall–Kier alpha value is -1.53. The molecule has 6 heteroatoms. The Bertz CT molecular complexity index is 434. The van der Waals surface area contributed by atoms with E-state index in [4.69, 9.17) is 19.9 Å². The van der Waals surface area contributed by atoms with Crippen molar-refractivity contribution in [2.45, 2.75) is 25.4 Å². The molecule has 1 saturated heterocycles. The van der Waals surface area contributed by atoms with Crippen LogP contribution in [-0.4, -0.2) is 44.1 Å². The summed E-state index contributed by atoms with van der Waals surface area (Å²) in [6.07, 6.45) is 1.80. The van der Waals surface area contributed by atoms with Gasteiger partial charge in [-0.05, 0) is 18.6 Å². The van der Waals surface area contributed by atoms with Gasteiger partial charge in [0.25, 0.3) is 0 Å². The van der Waals surface area contributed by atoms with Gasteiger partial charge in [-0.15, -0.1) is 0 Å². The predicted octanol–water partition coefficient (Wildman–Crippen LogP) is 1.67. The number of aromatic nitrogens is 1. The van der Waals surface area contributed by atoms with Gasteiger partial charge in [-0.25, -0.2) is 0 Å². The SMILES string of the molecule is CCCOc1nc(NCC2(OC)CCOC2)ccc1N. The van der Waals surface area contributed by atoms with Crippen molar-refractivity contribution in [1.29, 1.82) is 0 Å². The fraction of sp³-hybridized carbons (Fsp3) is 0.643. The lowest BCUT2D eigenvalue weighted by Gasteiger charge is -2.26. The van der Waals surface area contributed by atoms with Gasteiger partial charge in [-0.1, -0.05) is 6.92 Å². The van der Waals surface area contributed by atoms with Gasteiger partial charge in [0.2, 0.25) is 5.88 Å². The van der Waals surface area contributed by atoms with Crippen molar-refractivity contribution in [2.24, 2.45) is 0 Å². The van der Waals surface area contributed by atoms with Gasteiger partial charge < -0.3 is 25.3 Å². The summed E-state index contributed by atoms with van der Waals surface area (Å²) in [6.45, 7) is 4.63. The second-order valence-corrected chi connectivity index (χ2v) is 4.98. The molecular formula is C14H23N3O3. The maximum Gasteiger partial charge on any atom is 0.239 e. The highest BCUT2D eigenvalue weighted by molar-refractivity contribution is 5.53. The zero-order chi connectivity index (χ0) is 14.4. The van der Waals surface area contributed by atoms with Gasteiger partial charge in [-0.3, -0.25) is 0 Å². The first-order valence-electron chi connectivity index (χ1n) is 6.95. The van der Waals surface area contributed by atoms with Crippen molar-refractivity contribution in [3.05, 3.63) is 12.1 Å². The molecule has 1 aliphatic rings. The van der Waals surface area contributed by atoms with E-state index in [9.17, 15) is 0 Å². The Kier molecular flexibility index (Phi) is 5.03. The molecule has 0 bridgehead atoms. The normalized spacial score (nSPS) is 21.9. The summed E-state index contributed by atoms with van der Waals surface area (Å²) >= 11 is 0. The number of hydrogen-bond acceptors (Lipinski definition) is 6. The van der Waals surface area contributed by atoms with Crippen molar-refractivity contribution in [3.8, 4) is 5.88 Å². The molecule has 0 radical (unpaired) electrons. The van der Waals surface area contributed by atoms with Crippen LogP contribution in [0.1, 0.15) is 19.8 Å². The molecule has 1 fully saturated rings. The predicted molar refractivity (Wildman–Crippen MR) is 78.1 cm³/mol.